The first-order valence-electron chi connectivity index (χ1n) is 20.9. The predicted molar refractivity (Wildman–Crippen MR) is 258 cm³/mol. The topological polar surface area (TPSA) is 57.8 Å². The van der Waals surface area contributed by atoms with Crippen LogP contribution in [0.4, 0.5) is 17.1 Å². The Kier molecular flexibility index (Phi) is 9.48. The van der Waals surface area contributed by atoms with Crippen molar-refractivity contribution < 1.29 is 0 Å². The molecule has 294 valence electrons. The molecule has 3 heterocycles. The molecule has 0 bridgehead atoms. The Labute approximate surface area is 360 Å². The fourth-order valence-electron chi connectivity index (χ4n) is 8.65. The number of para-hydroxylation sites is 2. The Bertz CT molecular complexity index is 3230. The summed E-state index contributed by atoms with van der Waals surface area (Å²) in [7, 11) is 0. The van der Waals surface area contributed by atoms with E-state index in [0.717, 1.165) is 56.4 Å². The molecule has 0 atom stereocenters. The molecule has 1 aliphatic rings. The molecule has 6 heteroatoms. The number of nitrogens with one attached hydrogen (secondary N) is 1. The minimum atomic E-state index is 0.524. The van der Waals surface area contributed by atoms with Gasteiger partial charge in [-0.25, -0.2) is 4.99 Å². The van der Waals surface area contributed by atoms with Gasteiger partial charge in [0, 0.05) is 57.0 Å². The average Bonchev–Trinajstić information content (AvgIpc) is 3.70. The highest BCUT2D eigenvalue weighted by Gasteiger charge is 2.19. The van der Waals surface area contributed by atoms with Gasteiger partial charge >= 0.3 is 0 Å². The zero-order valence-electron chi connectivity index (χ0n) is 33.8. The van der Waals surface area contributed by atoms with Crippen LogP contribution in [0.1, 0.15) is 5.56 Å². The van der Waals surface area contributed by atoms with Crippen molar-refractivity contribution >= 4 is 51.0 Å². The maximum atomic E-state index is 4.44. The molecule has 0 aliphatic carbocycles. The normalized spacial score (nSPS) is 12.3. The van der Waals surface area contributed by atoms with Gasteiger partial charge in [0.05, 0.1) is 11.0 Å². The number of hydrogen-bond acceptors (Lipinski definition) is 5. The van der Waals surface area contributed by atoms with E-state index in [-0.39, 0.29) is 0 Å². The van der Waals surface area contributed by atoms with Crippen molar-refractivity contribution in [2.75, 3.05) is 11.6 Å². The zero-order chi connectivity index (χ0) is 41.2. The molecule has 1 N–H and O–H groups in total. The maximum absolute atomic E-state index is 4.44. The van der Waals surface area contributed by atoms with E-state index >= 15 is 0 Å². The lowest BCUT2D eigenvalue weighted by atomic mass is 9.94. The van der Waals surface area contributed by atoms with E-state index in [2.05, 4.69) is 224 Å². The molecule has 62 heavy (non-hydrogen) atoms. The summed E-state index contributed by atoms with van der Waals surface area (Å²) in [5.41, 5.74) is 17.0. The van der Waals surface area contributed by atoms with E-state index in [9.17, 15) is 0 Å². The van der Waals surface area contributed by atoms with Crippen molar-refractivity contribution in [3.8, 4) is 50.2 Å². The molecule has 6 nitrogen and oxygen atoms in total. The van der Waals surface area contributed by atoms with Gasteiger partial charge in [0.15, 0.2) is 0 Å². The highest BCUT2D eigenvalue weighted by atomic mass is 15.1. The fourth-order valence-corrected chi connectivity index (χ4v) is 8.65. The van der Waals surface area contributed by atoms with Gasteiger partial charge in [-0.3, -0.25) is 9.98 Å². The van der Waals surface area contributed by atoms with Crippen LogP contribution in [0.15, 0.2) is 229 Å². The molecule has 0 saturated carbocycles. The van der Waals surface area contributed by atoms with Crippen LogP contribution in [0.2, 0.25) is 0 Å². The Balaban J connectivity index is 0.970. The quantitative estimate of drug-likeness (QED) is 0.158. The van der Waals surface area contributed by atoms with Gasteiger partial charge in [-0.1, -0.05) is 115 Å². The van der Waals surface area contributed by atoms with Crippen LogP contribution in [0.3, 0.4) is 0 Å². The second-order valence-corrected chi connectivity index (χ2v) is 15.4. The molecule has 8 aromatic carbocycles. The van der Waals surface area contributed by atoms with E-state index in [0.29, 0.717) is 6.67 Å². The fraction of sp³-hybridized carbons (Fsp3) is 0.0179. The second-order valence-electron chi connectivity index (χ2n) is 15.4. The van der Waals surface area contributed by atoms with Crippen LogP contribution in [-0.2, 0) is 0 Å². The van der Waals surface area contributed by atoms with E-state index in [1.807, 2.05) is 24.5 Å². The highest BCUT2D eigenvalue weighted by Crippen LogP contribution is 2.42. The van der Waals surface area contributed by atoms with Crippen LogP contribution >= 0.6 is 0 Å². The third-order valence-corrected chi connectivity index (χ3v) is 11.7. The number of anilines is 3. The Morgan fingerprint density at radius 3 is 1.56 bits per heavy atom. The van der Waals surface area contributed by atoms with Crippen LogP contribution in [0.25, 0.3) is 72.0 Å². The number of amidine groups is 1. The van der Waals surface area contributed by atoms with Crippen molar-refractivity contribution in [3.63, 3.8) is 0 Å². The predicted octanol–water partition coefficient (Wildman–Crippen LogP) is 13.7. The number of aromatic nitrogens is 2. The van der Waals surface area contributed by atoms with E-state index < -0.39 is 0 Å². The van der Waals surface area contributed by atoms with Crippen molar-refractivity contribution in [2.24, 2.45) is 9.98 Å². The van der Waals surface area contributed by atoms with E-state index in [4.69, 9.17) is 0 Å². The minimum absolute atomic E-state index is 0.524. The summed E-state index contributed by atoms with van der Waals surface area (Å²) in [4.78, 5) is 15.1. The number of hydrogen-bond donors (Lipinski definition) is 1. The van der Waals surface area contributed by atoms with Crippen LogP contribution < -0.4 is 10.2 Å². The van der Waals surface area contributed by atoms with Gasteiger partial charge in [0.25, 0.3) is 0 Å². The van der Waals surface area contributed by atoms with E-state index in [1.54, 1.807) is 6.34 Å². The minimum Gasteiger partial charge on any atom is -0.350 e. The summed E-state index contributed by atoms with van der Waals surface area (Å²) in [6.07, 6.45) is 5.27. The first kappa shape index (κ1) is 36.7. The third-order valence-electron chi connectivity index (χ3n) is 11.7. The molecular weight excluding hydrogens is 757 g/mol. The Morgan fingerprint density at radius 2 is 0.952 bits per heavy atom. The van der Waals surface area contributed by atoms with Gasteiger partial charge in [0.1, 0.15) is 18.8 Å². The van der Waals surface area contributed by atoms with E-state index in [1.165, 1.54) is 44.1 Å². The summed E-state index contributed by atoms with van der Waals surface area (Å²) in [6, 6.07) is 74.1. The summed E-state index contributed by atoms with van der Waals surface area (Å²) < 4.78 is 2.42. The highest BCUT2D eigenvalue weighted by molar-refractivity contribution is 6.15. The number of pyridine rings is 1. The largest absolute Gasteiger partial charge is 0.350 e. The van der Waals surface area contributed by atoms with Gasteiger partial charge in [-0.05, 0) is 130 Å². The van der Waals surface area contributed by atoms with Gasteiger partial charge < -0.3 is 14.8 Å². The standard InChI is InChI=1S/C56H40N6/c1-3-9-39(10-4-1)46-35-52(55-53(36-46)51-13-7-8-14-54(51)62(55)47-11-5-2-6-12-47)44-17-15-40(16-18-44)41-19-25-48(26-20-41)61(49-27-21-42(22-28-49)43-31-33-57-34-32-43)50-29-23-45(24-30-50)56-59-37-58-38-60-56/h1-37H,38H2,(H,58,59,60). The number of benzene rings is 8. The summed E-state index contributed by atoms with van der Waals surface area (Å²) in [5, 5.41) is 5.74. The lowest BCUT2D eigenvalue weighted by Crippen LogP contribution is -2.27. The SMILES string of the molecule is C1=NCNC(c2ccc(N(c3ccc(-c4ccncc4)cc3)c3ccc(-c4ccc(-c5cc(-c6ccccc6)cc6c7ccccc7n(-c7ccccc7)c56)cc4)cc3)cc2)=N1. The summed E-state index contributed by atoms with van der Waals surface area (Å²) in [6.45, 7) is 0.524. The first-order valence-corrected chi connectivity index (χ1v) is 20.9. The van der Waals surface area contributed by atoms with Crippen LogP contribution in [0.5, 0.6) is 0 Å². The maximum Gasteiger partial charge on any atom is 0.136 e. The molecule has 10 aromatic rings. The lowest BCUT2D eigenvalue weighted by molar-refractivity contribution is 0.915. The molecule has 0 unspecified atom stereocenters. The van der Waals surface area contributed by atoms with Gasteiger partial charge in [0.2, 0.25) is 0 Å². The molecule has 0 fully saturated rings. The molecular formula is C56H40N6. The van der Waals surface area contributed by atoms with Crippen LogP contribution in [0, 0.1) is 0 Å². The number of rotatable bonds is 9. The van der Waals surface area contributed by atoms with Crippen molar-refractivity contribution in [1.82, 2.24) is 14.9 Å². The van der Waals surface area contributed by atoms with Crippen LogP contribution in [-0.4, -0.2) is 28.4 Å². The molecule has 11 rings (SSSR count). The summed E-state index contributed by atoms with van der Waals surface area (Å²) >= 11 is 0. The number of nitrogens with zero attached hydrogens (tertiary/aromatic N) is 5. The Morgan fingerprint density at radius 1 is 0.435 bits per heavy atom. The molecule has 0 spiro atoms. The lowest BCUT2D eigenvalue weighted by Gasteiger charge is -2.26. The third kappa shape index (κ3) is 6.89. The molecule has 1 aliphatic heterocycles. The smallest absolute Gasteiger partial charge is 0.136 e. The average molecular weight is 797 g/mol. The second kappa shape index (κ2) is 16.0. The van der Waals surface area contributed by atoms with Crippen molar-refractivity contribution in [1.29, 1.82) is 0 Å². The molecule has 0 saturated heterocycles. The first-order chi connectivity index (χ1) is 30.7. The monoisotopic (exact) mass is 796 g/mol. The van der Waals surface area contributed by atoms with Crippen molar-refractivity contribution in [3.05, 3.63) is 224 Å². The molecule has 2 aromatic heterocycles. The Hall–Kier alpha value is -8.35. The zero-order valence-corrected chi connectivity index (χ0v) is 33.8. The summed E-state index contributed by atoms with van der Waals surface area (Å²) in [5.74, 6) is 0.821. The number of fused-ring (bicyclic) bond motifs is 3. The number of aliphatic imine (C=N–C) groups is 2. The van der Waals surface area contributed by atoms with Crippen molar-refractivity contribution in [2.45, 2.75) is 0 Å². The molecule has 0 radical (unpaired) electrons. The van der Waals surface area contributed by atoms with Gasteiger partial charge in [-0.15, -0.1) is 0 Å². The van der Waals surface area contributed by atoms with Gasteiger partial charge in [-0.2, -0.15) is 0 Å². The molecule has 0 amide bonds.